The van der Waals surface area contributed by atoms with Gasteiger partial charge in [0.05, 0.1) is 6.33 Å². The van der Waals surface area contributed by atoms with Crippen molar-refractivity contribution in [1.82, 2.24) is 19.2 Å². The average Bonchev–Trinajstić information content (AvgIpc) is 3.16. The predicted octanol–water partition coefficient (Wildman–Crippen LogP) is 2.22. The van der Waals surface area contributed by atoms with Crippen LogP contribution in [0.3, 0.4) is 0 Å². The van der Waals surface area contributed by atoms with E-state index in [9.17, 15) is 13.2 Å². The first-order valence-electron chi connectivity index (χ1n) is 9.70. The molecular weight excluding hydrogens is 376 g/mol. The first-order valence-corrected chi connectivity index (χ1v) is 11.1. The van der Waals surface area contributed by atoms with Crippen LogP contribution < -0.4 is 5.32 Å². The Bertz CT molecular complexity index is 887. The van der Waals surface area contributed by atoms with E-state index in [4.69, 9.17) is 0 Å². The molecule has 0 radical (unpaired) electrons. The molecule has 3 rings (SSSR count). The fraction of sp³-hybridized carbons (Fsp3) is 0.500. The largest absolute Gasteiger partial charge is 0.354 e. The van der Waals surface area contributed by atoms with Crippen molar-refractivity contribution in [2.75, 3.05) is 19.6 Å². The summed E-state index contributed by atoms with van der Waals surface area (Å²) in [5, 5.41) is 2.91. The lowest BCUT2D eigenvalue weighted by atomic mass is 10.0. The second kappa shape index (κ2) is 8.87. The number of sulfonamides is 1. The zero-order chi connectivity index (χ0) is 20.1. The van der Waals surface area contributed by atoms with Crippen LogP contribution in [0.1, 0.15) is 38.2 Å². The smallest absolute Gasteiger partial charge is 0.262 e. The maximum atomic E-state index is 12.7. The number of piperidine rings is 1. The van der Waals surface area contributed by atoms with Gasteiger partial charge in [0.2, 0.25) is 5.91 Å². The fourth-order valence-corrected chi connectivity index (χ4v) is 4.71. The molecule has 1 amide bonds. The van der Waals surface area contributed by atoms with Crippen molar-refractivity contribution in [2.24, 2.45) is 5.92 Å². The van der Waals surface area contributed by atoms with Crippen molar-refractivity contribution in [3.8, 4) is 0 Å². The Morgan fingerprint density at radius 1 is 1.25 bits per heavy atom. The number of aromatic nitrogens is 2. The van der Waals surface area contributed by atoms with Crippen LogP contribution in [0.25, 0.3) is 0 Å². The van der Waals surface area contributed by atoms with E-state index in [0.717, 1.165) is 18.4 Å². The number of hydrogen-bond acceptors (Lipinski definition) is 4. The Balaban J connectivity index is 1.54. The van der Waals surface area contributed by atoms with Gasteiger partial charge in [0, 0.05) is 25.8 Å². The molecule has 1 saturated heterocycles. The van der Waals surface area contributed by atoms with Crippen LogP contribution in [0.15, 0.2) is 47.9 Å². The summed E-state index contributed by atoms with van der Waals surface area (Å²) in [7, 11) is -3.59. The summed E-state index contributed by atoms with van der Waals surface area (Å²) in [6.07, 6.45) is 4.57. The molecule has 0 bridgehead atoms. The molecule has 28 heavy (non-hydrogen) atoms. The summed E-state index contributed by atoms with van der Waals surface area (Å²) >= 11 is 0. The number of carbonyl (C=O) groups is 1. The van der Waals surface area contributed by atoms with Gasteiger partial charge in [-0.1, -0.05) is 44.2 Å². The van der Waals surface area contributed by atoms with E-state index in [0.29, 0.717) is 25.6 Å². The zero-order valence-electron chi connectivity index (χ0n) is 16.4. The quantitative estimate of drug-likeness (QED) is 0.767. The maximum Gasteiger partial charge on any atom is 0.262 e. The number of imidazole rings is 1. The summed E-state index contributed by atoms with van der Waals surface area (Å²) < 4.78 is 28.4. The molecule has 0 saturated carbocycles. The number of hydrogen-bond donors (Lipinski definition) is 1. The van der Waals surface area contributed by atoms with Crippen LogP contribution in [0, 0.1) is 5.92 Å². The van der Waals surface area contributed by atoms with Crippen LogP contribution in [0.5, 0.6) is 0 Å². The zero-order valence-corrected chi connectivity index (χ0v) is 17.2. The summed E-state index contributed by atoms with van der Waals surface area (Å²) in [6.45, 7) is 5.80. The third kappa shape index (κ3) is 4.99. The lowest BCUT2D eigenvalue weighted by Gasteiger charge is -2.28. The normalized spacial score (nSPS) is 17.4. The van der Waals surface area contributed by atoms with Gasteiger partial charge < -0.3 is 9.88 Å². The number of nitrogens with zero attached hydrogens (tertiary/aromatic N) is 3. The van der Waals surface area contributed by atoms with Crippen LogP contribution in [0.4, 0.5) is 0 Å². The molecule has 0 aliphatic carbocycles. The summed E-state index contributed by atoms with van der Waals surface area (Å²) in [5.74, 6) is 0.576. The van der Waals surface area contributed by atoms with E-state index < -0.39 is 10.0 Å². The van der Waals surface area contributed by atoms with Crippen molar-refractivity contribution in [3.05, 3.63) is 48.4 Å². The standard InChI is InChI=1S/C20H28N4O3S/c1-16-8-10-24(11-9-16)28(26,27)20-14-23(15-22-20)13-19(25)21-12-17(2)18-6-4-3-5-7-18/h3-7,14-17H,8-13H2,1-2H3,(H,21,25)/t17-/m0/s1. The van der Waals surface area contributed by atoms with Crippen LogP contribution in [0.2, 0.25) is 0 Å². The maximum absolute atomic E-state index is 12.7. The van der Waals surface area contributed by atoms with Crippen LogP contribution >= 0.6 is 0 Å². The van der Waals surface area contributed by atoms with E-state index in [1.165, 1.54) is 21.4 Å². The van der Waals surface area contributed by atoms with Gasteiger partial charge in [0.1, 0.15) is 6.54 Å². The van der Waals surface area contributed by atoms with Crippen molar-refractivity contribution in [3.63, 3.8) is 0 Å². The second-order valence-electron chi connectivity index (χ2n) is 7.59. The number of benzene rings is 1. The van der Waals surface area contributed by atoms with Gasteiger partial charge in [-0.3, -0.25) is 4.79 Å². The Kier molecular flexibility index (Phi) is 6.51. The molecular formula is C20H28N4O3S. The third-order valence-corrected chi connectivity index (χ3v) is 7.04. The molecule has 1 N–H and O–H groups in total. The Hall–Kier alpha value is -2.19. The molecule has 7 nitrogen and oxygen atoms in total. The van der Waals surface area contributed by atoms with Crippen molar-refractivity contribution < 1.29 is 13.2 Å². The summed E-state index contributed by atoms with van der Waals surface area (Å²) in [5.41, 5.74) is 1.16. The average molecular weight is 405 g/mol. The highest BCUT2D eigenvalue weighted by atomic mass is 32.2. The van der Waals surface area contributed by atoms with Crippen LogP contribution in [-0.2, 0) is 21.4 Å². The number of nitrogens with one attached hydrogen (secondary N) is 1. The molecule has 1 atom stereocenters. The number of amides is 1. The molecule has 1 aliphatic heterocycles. The van der Waals surface area contributed by atoms with Crippen molar-refractivity contribution in [2.45, 2.75) is 44.2 Å². The number of rotatable bonds is 7. The minimum absolute atomic E-state index is 0.00695. The minimum Gasteiger partial charge on any atom is -0.354 e. The van der Waals surface area contributed by atoms with E-state index in [1.807, 2.05) is 30.3 Å². The first-order chi connectivity index (χ1) is 13.4. The number of carbonyl (C=O) groups excluding carboxylic acids is 1. The monoisotopic (exact) mass is 404 g/mol. The van der Waals surface area contributed by atoms with Gasteiger partial charge in [0.25, 0.3) is 10.0 Å². The van der Waals surface area contributed by atoms with E-state index >= 15 is 0 Å². The second-order valence-corrected chi connectivity index (χ2v) is 9.47. The summed E-state index contributed by atoms with van der Waals surface area (Å²) in [6, 6.07) is 9.98. The molecule has 0 spiro atoms. The molecule has 1 aliphatic rings. The van der Waals surface area contributed by atoms with E-state index in [2.05, 4.69) is 24.1 Å². The lowest BCUT2D eigenvalue weighted by Crippen LogP contribution is -2.38. The molecule has 0 unspecified atom stereocenters. The minimum atomic E-state index is -3.59. The highest BCUT2D eigenvalue weighted by Gasteiger charge is 2.29. The molecule has 1 aromatic heterocycles. The van der Waals surface area contributed by atoms with E-state index in [-0.39, 0.29) is 23.4 Å². The van der Waals surface area contributed by atoms with Gasteiger partial charge in [-0.05, 0) is 30.2 Å². The topological polar surface area (TPSA) is 84.3 Å². The highest BCUT2D eigenvalue weighted by Crippen LogP contribution is 2.22. The first kappa shape index (κ1) is 20.5. The fourth-order valence-electron chi connectivity index (χ4n) is 3.30. The molecule has 2 aromatic rings. The van der Waals surface area contributed by atoms with Gasteiger partial charge >= 0.3 is 0 Å². The SMILES string of the molecule is CC1CCN(S(=O)(=O)c2cn(CC(=O)NC[C@H](C)c3ccccc3)cn2)CC1. The Morgan fingerprint density at radius 2 is 1.93 bits per heavy atom. The highest BCUT2D eigenvalue weighted by molar-refractivity contribution is 7.89. The van der Waals surface area contributed by atoms with Crippen LogP contribution in [-0.4, -0.2) is 47.8 Å². The van der Waals surface area contributed by atoms with Gasteiger partial charge in [-0.2, -0.15) is 4.31 Å². The Morgan fingerprint density at radius 3 is 2.61 bits per heavy atom. The van der Waals surface area contributed by atoms with Gasteiger partial charge in [-0.15, -0.1) is 0 Å². The van der Waals surface area contributed by atoms with Gasteiger partial charge in [0.15, 0.2) is 5.03 Å². The Labute approximate surface area is 166 Å². The van der Waals surface area contributed by atoms with Gasteiger partial charge in [-0.25, -0.2) is 13.4 Å². The van der Waals surface area contributed by atoms with Crippen molar-refractivity contribution >= 4 is 15.9 Å². The lowest BCUT2D eigenvalue weighted by molar-refractivity contribution is -0.121. The molecule has 2 heterocycles. The molecule has 152 valence electrons. The molecule has 8 heteroatoms. The van der Waals surface area contributed by atoms with Crippen molar-refractivity contribution in [1.29, 1.82) is 0 Å². The predicted molar refractivity (Wildman–Crippen MR) is 107 cm³/mol. The molecule has 1 aromatic carbocycles. The summed E-state index contributed by atoms with van der Waals surface area (Å²) in [4.78, 5) is 16.3. The van der Waals surface area contributed by atoms with E-state index in [1.54, 1.807) is 0 Å². The molecule has 1 fully saturated rings. The third-order valence-electron chi connectivity index (χ3n) is 5.26.